The Morgan fingerprint density at radius 3 is 2.67 bits per heavy atom. The molecule has 0 unspecified atom stereocenters. The molecule has 0 atom stereocenters. The summed E-state index contributed by atoms with van der Waals surface area (Å²) in [5.41, 5.74) is 4.58. The second-order valence-electron chi connectivity index (χ2n) is 6.13. The monoisotopic (exact) mass is 336 g/mol. The molecule has 24 heavy (non-hydrogen) atoms. The molecular weight excluding hydrogens is 316 g/mol. The Balaban J connectivity index is 1.53. The van der Waals surface area contributed by atoms with Gasteiger partial charge in [0.1, 0.15) is 0 Å². The van der Waals surface area contributed by atoms with Crippen molar-refractivity contribution in [3.8, 4) is 6.07 Å². The summed E-state index contributed by atoms with van der Waals surface area (Å²) < 4.78 is 0. The van der Waals surface area contributed by atoms with Crippen molar-refractivity contribution in [1.29, 1.82) is 5.26 Å². The molecule has 0 bridgehead atoms. The van der Waals surface area contributed by atoms with Crippen LogP contribution in [0.2, 0.25) is 0 Å². The van der Waals surface area contributed by atoms with Crippen LogP contribution in [0.3, 0.4) is 0 Å². The number of hydrogen-bond donors (Lipinski definition) is 0. The van der Waals surface area contributed by atoms with Crippen LogP contribution < -0.4 is 0 Å². The van der Waals surface area contributed by atoms with Crippen molar-refractivity contribution in [2.45, 2.75) is 30.7 Å². The normalized spacial score (nSPS) is 12.5. The van der Waals surface area contributed by atoms with Crippen molar-refractivity contribution in [2.75, 3.05) is 12.8 Å². The fraction of sp³-hybridized carbons (Fsp3) is 0.300. The first-order valence-electron chi connectivity index (χ1n) is 8.13. The van der Waals surface area contributed by atoms with Gasteiger partial charge >= 0.3 is 0 Å². The summed E-state index contributed by atoms with van der Waals surface area (Å²) in [5.74, 6) is 0.566. The van der Waals surface area contributed by atoms with Crippen molar-refractivity contribution in [1.82, 2.24) is 4.90 Å². The molecule has 0 saturated carbocycles. The van der Waals surface area contributed by atoms with Gasteiger partial charge in [-0.1, -0.05) is 18.2 Å². The second-order valence-corrected chi connectivity index (χ2v) is 7.18. The Morgan fingerprint density at radius 2 is 1.92 bits per heavy atom. The molecule has 1 amide bonds. The fourth-order valence-electron chi connectivity index (χ4n) is 2.94. The van der Waals surface area contributed by atoms with E-state index in [2.05, 4.69) is 24.3 Å². The van der Waals surface area contributed by atoms with Crippen LogP contribution in [0.4, 0.5) is 0 Å². The van der Waals surface area contributed by atoms with E-state index in [1.54, 1.807) is 28.8 Å². The largest absolute Gasteiger partial charge is 0.341 e. The van der Waals surface area contributed by atoms with Crippen molar-refractivity contribution in [2.24, 2.45) is 0 Å². The molecule has 2 aromatic carbocycles. The predicted molar refractivity (Wildman–Crippen MR) is 96.8 cm³/mol. The van der Waals surface area contributed by atoms with Crippen LogP contribution in [0.5, 0.6) is 0 Å². The van der Waals surface area contributed by atoms with Gasteiger partial charge in [0, 0.05) is 18.5 Å². The SMILES string of the molecule is CN(Cc1ccc(C#N)cc1)C(=O)CSc1ccc2c(c1)CCC2. The van der Waals surface area contributed by atoms with E-state index in [9.17, 15) is 4.79 Å². The van der Waals surface area contributed by atoms with Gasteiger partial charge in [-0.2, -0.15) is 5.26 Å². The summed E-state index contributed by atoms with van der Waals surface area (Å²) in [4.78, 5) is 15.2. The summed E-state index contributed by atoms with van der Waals surface area (Å²) >= 11 is 1.61. The minimum Gasteiger partial charge on any atom is -0.341 e. The Labute approximate surface area is 147 Å². The van der Waals surface area contributed by atoms with Gasteiger partial charge in [-0.15, -0.1) is 11.8 Å². The third-order valence-electron chi connectivity index (χ3n) is 4.36. The van der Waals surface area contributed by atoms with E-state index in [0.29, 0.717) is 17.9 Å². The molecule has 0 spiro atoms. The van der Waals surface area contributed by atoms with Crippen molar-refractivity contribution >= 4 is 17.7 Å². The third-order valence-corrected chi connectivity index (χ3v) is 5.34. The number of carbonyl (C=O) groups excluding carboxylic acids is 1. The van der Waals surface area contributed by atoms with E-state index >= 15 is 0 Å². The predicted octanol–water partition coefficient (Wildman–Crippen LogP) is 3.80. The van der Waals surface area contributed by atoms with Crippen LogP contribution in [0.25, 0.3) is 0 Å². The fourth-order valence-corrected chi connectivity index (χ4v) is 3.84. The van der Waals surface area contributed by atoms with Gasteiger partial charge in [0.15, 0.2) is 0 Å². The van der Waals surface area contributed by atoms with Crippen molar-refractivity contribution in [3.63, 3.8) is 0 Å². The van der Waals surface area contributed by atoms with Gasteiger partial charge in [-0.3, -0.25) is 4.79 Å². The number of thioether (sulfide) groups is 1. The standard InChI is InChI=1S/C20H20N2OS/c1-22(13-16-7-5-15(12-21)6-8-16)20(23)14-24-19-10-9-17-3-2-4-18(17)11-19/h5-11H,2-4,13-14H2,1H3. The highest BCUT2D eigenvalue weighted by Gasteiger charge is 2.13. The van der Waals surface area contributed by atoms with Crippen LogP contribution >= 0.6 is 11.8 Å². The molecule has 0 heterocycles. The summed E-state index contributed by atoms with van der Waals surface area (Å²) in [5, 5.41) is 8.82. The first-order valence-corrected chi connectivity index (χ1v) is 9.12. The quantitative estimate of drug-likeness (QED) is 0.780. The average Bonchev–Trinajstić information content (AvgIpc) is 3.08. The number of amides is 1. The molecule has 122 valence electrons. The van der Waals surface area contributed by atoms with Gasteiger partial charge in [-0.25, -0.2) is 0 Å². The Hall–Kier alpha value is -2.25. The van der Waals surface area contributed by atoms with Gasteiger partial charge in [0.2, 0.25) is 5.91 Å². The first-order chi connectivity index (χ1) is 11.7. The van der Waals surface area contributed by atoms with E-state index in [-0.39, 0.29) is 5.91 Å². The zero-order valence-electron chi connectivity index (χ0n) is 13.8. The molecule has 4 heteroatoms. The summed E-state index contributed by atoms with van der Waals surface area (Å²) in [6, 6.07) is 16.0. The second kappa shape index (κ2) is 7.55. The van der Waals surface area contributed by atoms with E-state index in [4.69, 9.17) is 5.26 Å². The van der Waals surface area contributed by atoms with E-state index in [1.807, 2.05) is 19.2 Å². The van der Waals surface area contributed by atoms with Crippen LogP contribution in [-0.4, -0.2) is 23.6 Å². The first kappa shape index (κ1) is 16.6. The lowest BCUT2D eigenvalue weighted by atomic mass is 10.1. The van der Waals surface area contributed by atoms with Gasteiger partial charge in [-0.05, 0) is 60.2 Å². The summed E-state index contributed by atoms with van der Waals surface area (Å²) in [6.45, 7) is 0.565. The number of fused-ring (bicyclic) bond motifs is 1. The number of aryl methyl sites for hydroxylation is 2. The average molecular weight is 336 g/mol. The highest BCUT2D eigenvalue weighted by atomic mass is 32.2. The molecule has 0 N–H and O–H groups in total. The van der Waals surface area contributed by atoms with E-state index in [1.165, 1.54) is 28.9 Å². The molecular formula is C20H20N2OS. The zero-order valence-corrected chi connectivity index (χ0v) is 14.6. The molecule has 1 aliphatic carbocycles. The zero-order chi connectivity index (χ0) is 16.9. The number of hydrogen-bond acceptors (Lipinski definition) is 3. The van der Waals surface area contributed by atoms with Crippen LogP contribution in [0.15, 0.2) is 47.4 Å². The molecule has 3 rings (SSSR count). The third kappa shape index (κ3) is 3.98. The maximum atomic E-state index is 12.3. The minimum absolute atomic E-state index is 0.116. The maximum absolute atomic E-state index is 12.3. The highest BCUT2D eigenvalue weighted by molar-refractivity contribution is 8.00. The topological polar surface area (TPSA) is 44.1 Å². The summed E-state index contributed by atoms with van der Waals surface area (Å²) in [7, 11) is 1.82. The molecule has 0 radical (unpaired) electrons. The van der Waals surface area contributed by atoms with Crippen LogP contribution in [0, 0.1) is 11.3 Å². The number of carbonyl (C=O) groups is 1. The van der Waals surface area contributed by atoms with Crippen molar-refractivity contribution < 1.29 is 4.79 Å². The van der Waals surface area contributed by atoms with Crippen LogP contribution in [0.1, 0.15) is 28.7 Å². The van der Waals surface area contributed by atoms with Gasteiger partial charge < -0.3 is 4.90 Å². The molecule has 2 aromatic rings. The molecule has 0 aromatic heterocycles. The minimum atomic E-state index is 0.116. The molecule has 3 nitrogen and oxygen atoms in total. The Kier molecular flexibility index (Phi) is 5.22. The van der Waals surface area contributed by atoms with Crippen molar-refractivity contribution in [3.05, 3.63) is 64.7 Å². The Morgan fingerprint density at radius 1 is 1.17 bits per heavy atom. The number of nitrogens with zero attached hydrogens (tertiary/aromatic N) is 2. The maximum Gasteiger partial charge on any atom is 0.232 e. The lowest BCUT2D eigenvalue weighted by Crippen LogP contribution is -2.27. The molecule has 0 aliphatic heterocycles. The lowest BCUT2D eigenvalue weighted by molar-refractivity contribution is -0.127. The van der Waals surface area contributed by atoms with Gasteiger partial charge in [0.05, 0.1) is 17.4 Å². The summed E-state index contributed by atoms with van der Waals surface area (Å²) in [6.07, 6.45) is 3.60. The Bertz CT molecular complexity index is 777. The van der Waals surface area contributed by atoms with E-state index < -0.39 is 0 Å². The van der Waals surface area contributed by atoms with Crippen LogP contribution in [-0.2, 0) is 24.2 Å². The molecule has 1 aliphatic rings. The number of benzene rings is 2. The lowest BCUT2D eigenvalue weighted by Gasteiger charge is -2.17. The number of nitriles is 1. The molecule has 0 saturated heterocycles. The smallest absolute Gasteiger partial charge is 0.232 e. The van der Waals surface area contributed by atoms with E-state index in [0.717, 1.165) is 12.0 Å². The van der Waals surface area contributed by atoms with Gasteiger partial charge in [0.25, 0.3) is 0 Å². The number of rotatable bonds is 5. The molecule has 0 fully saturated rings. The highest BCUT2D eigenvalue weighted by Crippen LogP contribution is 2.27.